The first-order valence-corrected chi connectivity index (χ1v) is 8.63. The number of carbonyl (C=O) groups excluding carboxylic acids is 1. The standard InChI is InChI=1S/C13H21NO3S/c1-18(16,17)10-11-5-4-8-14(9-11)13(15)12-6-2-3-7-12/h2-3,11-12H,4-10H2,1H3. The van der Waals surface area contributed by atoms with Crippen LogP contribution in [0, 0.1) is 11.8 Å². The Kier molecular flexibility index (Phi) is 4.10. The maximum Gasteiger partial charge on any atom is 0.226 e. The highest BCUT2D eigenvalue weighted by Gasteiger charge is 2.30. The molecule has 1 amide bonds. The molecule has 0 aromatic heterocycles. The molecule has 102 valence electrons. The molecule has 1 aliphatic carbocycles. The topological polar surface area (TPSA) is 54.5 Å². The molecule has 5 heteroatoms. The van der Waals surface area contributed by atoms with Crippen LogP contribution in [0.3, 0.4) is 0 Å². The van der Waals surface area contributed by atoms with E-state index in [4.69, 9.17) is 0 Å². The average molecular weight is 271 g/mol. The molecule has 0 radical (unpaired) electrons. The second kappa shape index (κ2) is 5.43. The fourth-order valence-electron chi connectivity index (χ4n) is 2.91. The number of hydrogen-bond acceptors (Lipinski definition) is 3. The van der Waals surface area contributed by atoms with Crippen molar-refractivity contribution in [1.82, 2.24) is 4.90 Å². The summed E-state index contributed by atoms with van der Waals surface area (Å²) < 4.78 is 22.6. The first-order valence-electron chi connectivity index (χ1n) is 6.57. The highest BCUT2D eigenvalue weighted by molar-refractivity contribution is 7.90. The Labute approximate surface area is 109 Å². The van der Waals surface area contributed by atoms with Crippen molar-refractivity contribution in [3.05, 3.63) is 12.2 Å². The molecule has 1 unspecified atom stereocenters. The van der Waals surface area contributed by atoms with Gasteiger partial charge in [-0.1, -0.05) is 12.2 Å². The van der Waals surface area contributed by atoms with Gasteiger partial charge in [-0.2, -0.15) is 0 Å². The maximum absolute atomic E-state index is 12.2. The molecule has 0 spiro atoms. The van der Waals surface area contributed by atoms with E-state index in [-0.39, 0.29) is 23.5 Å². The minimum absolute atomic E-state index is 0.0991. The van der Waals surface area contributed by atoms with Crippen molar-refractivity contribution in [2.75, 3.05) is 25.1 Å². The van der Waals surface area contributed by atoms with E-state index < -0.39 is 9.84 Å². The second-order valence-electron chi connectivity index (χ2n) is 5.52. The highest BCUT2D eigenvalue weighted by Crippen LogP contribution is 2.24. The summed E-state index contributed by atoms with van der Waals surface area (Å²) in [5.74, 6) is 0.631. The number of allylic oxidation sites excluding steroid dienone is 2. The highest BCUT2D eigenvalue weighted by atomic mass is 32.2. The number of rotatable bonds is 3. The zero-order chi connectivity index (χ0) is 13.2. The molecule has 1 fully saturated rings. The Morgan fingerprint density at radius 3 is 2.61 bits per heavy atom. The van der Waals surface area contributed by atoms with Gasteiger partial charge in [0.05, 0.1) is 5.75 Å². The summed E-state index contributed by atoms with van der Waals surface area (Å²) in [5.41, 5.74) is 0. The Morgan fingerprint density at radius 2 is 2.00 bits per heavy atom. The maximum atomic E-state index is 12.2. The van der Waals surface area contributed by atoms with Gasteiger partial charge in [0.2, 0.25) is 5.91 Å². The average Bonchev–Trinajstić information content (AvgIpc) is 2.79. The lowest BCUT2D eigenvalue weighted by Crippen LogP contribution is -2.44. The zero-order valence-corrected chi connectivity index (χ0v) is 11.7. The molecule has 0 saturated carbocycles. The smallest absolute Gasteiger partial charge is 0.226 e. The van der Waals surface area contributed by atoms with Crippen LogP contribution in [0.4, 0.5) is 0 Å². The molecule has 0 aromatic rings. The molecule has 0 bridgehead atoms. The van der Waals surface area contributed by atoms with Gasteiger partial charge in [0.15, 0.2) is 0 Å². The van der Waals surface area contributed by atoms with E-state index in [1.54, 1.807) is 0 Å². The van der Waals surface area contributed by atoms with Crippen LogP contribution < -0.4 is 0 Å². The number of piperidine rings is 1. The van der Waals surface area contributed by atoms with E-state index in [0.717, 1.165) is 32.2 Å². The molecule has 1 aliphatic heterocycles. The molecular formula is C13H21NO3S. The number of likely N-dealkylation sites (tertiary alicyclic amines) is 1. The van der Waals surface area contributed by atoms with Gasteiger partial charge in [-0.3, -0.25) is 4.79 Å². The van der Waals surface area contributed by atoms with E-state index in [9.17, 15) is 13.2 Å². The Balaban J connectivity index is 1.92. The van der Waals surface area contributed by atoms with Crippen LogP contribution in [-0.2, 0) is 14.6 Å². The lowest BCUT2D eigenvalue weighted by molar-refractivity contribution is -0.136. The van der Waals surface area contributed by atoms with Crippen molar-refractivity contribution in [3.8, 4) is 0 Å². The van der Waals surface area contributed by atoms with Crippen molar-refractivity contribution < 1.29 is 13.2 Å². The van der Waals surface area contributed by atoms with E-state index >= 15 is 0 Å². The van der Waals surface area contributed by atoms with Crippen LogP contribution in [0.5, 0.6) is 0 Å². The predicted molar refractivity (Wildman–Crippen MR) is 70.9 cm³/mol. The third-order valence-corrected chi connectivity index (χ3v) is 4.80. The molecule has 4 nitrogen and oxygen atoms in total. The number of amides is 1. The normalized spacial score (nSPS) is 25.6. The minimum Gasteiger partial charge on any atom is -0.342 e. The Hall–Kier alpha value is -0.840. The quantitative estimate of drug-likeness (QED) is 0.726. The molecular weight excluding hydrogens is 250 g/mol. The van der Waals surface area contributed by atoms with Gasteiger partial charge in [-0.05, 0) is 31.6 Å². The molecule has 1 saturated heterocycles. The molecule has 0 N–H and O–H groups in total. The van der Waals surface area contributed by atoms with Gasteiger partial charge >= 0.3 is 0 Å². The monoisotopic (exact) mass is 271 g/mol. The van der Waals surface area contributed by atoms with Gasteiger partial charge in [-0.15, -0.1) is 0 Å². The summed E-state index contributed by atoms with van der Waals surface area (Å²) >= 11 is 0. The summed E-state index contributed by atoms with van der Waals surface area (Å²) in [6, 6.07) is 0. The fraction of sp³-hybridized carbons (Fsp3) is 0.769. The van der Waals surface area contributed by atoms with Crippen LogP contribution in [-0.4, -0.2) is 44.3 Å². The zero-order valence-electron chi connectivity index (χ0n) is 10.8. The van der Waals surface area contributed by atoms with E-state index in [2.05, 4.69) is 12.2 Å². The number of sulfone groups is 1. The minimum atomic E-state index is -2.94. The summed E-state index contributed by atoms with van der Waals surface area (Å²) in [5, 5.41) is 0. The number of nitrogens with zero attached hydrogens (tertiary/aromatic N) is 1. The summed E-state index contributed by atoms with van der Waals surface area (Å²) in [6.45, 7) is 1.40. The first kappa shape index (κ1) is 13.6. The summed E-state index contributed by atoms with van der Waals surface area (Å²) in [7, 11) is -2.94. The molecule has 2 aliphatic rings. The van der Waals surface area contributed by atoms with Gasteiger partial charge in [0.25, 0.3) is 0 Å². The van der Waals surface area contributed by atoms with Gasteiger partial charge < -0.3 is 4.90 Å². The molecule has 0 aromatic carbocycles. The van der Waals surface area contributed by atoms with Crippen LogP contribution in [0.2, 0.25) is 0 Å². The predicted octanol–water partition coefficient (Wildman–Crippen LogP) is 1.24. The first-order chi connectivity index (χ1) is 8.46. The van der Waals surface area contributed by atoms with Crippen LogP contribution >= 0.6 is 0 Å². The third kappa shape index (κ3) is 3.57. The van der Waals surface area contributed by atoms with Crippen molar-refractivity contribution in [1.29, 1.82) is 0 Å². The van der Waals surface area contributed by atoms with Crippen LogP contribution in [0.15, 0.2) is 12.2 Å². The Bertz CT molecular complexity index is 433. The van der Waals surface area contributed by atoms with E-state index in [0.29, 0.717) is 6.54 Å². The van der Waals surface area contributed by atoms with Gasteiger partial charge in [0, 0.05) is 25.3 Å². The van der Waals surface area contributed by atoms with Crippen LogP contribution in [0.25, 0.3) is 0 Å². The van der Waals surface area contributed by atoms with Crippen molar-refractivity contribution in [3.63, 3.8) is 0 Å². The number of carbonyl (C=O) groups is 1. The lowest BCUT2D eigenvalue weighted by atomic mass is 9.97. The van der Waals surface area contributed by atoms with Crippen LogP contribution in [0.1, 0.15) is 25.7 Å². The SMILES string of the molecule is CS(=O)(=O)CC1CCCN(C(=O)C2CC=CC2)C1. The van der Waals surface area contributed by atoms with Crippen molar-refractivity contribution in [2.24, 2.45) is 11.8 Å². The summed E-state index contributed by atoms with van der Waals surface area (Å²) in [4.78, 5) is 14.1. The third-order valence-electron chi connectivity index (χ3n) is 3.73. The fourth-order valence-corrected chi connectivity index (χ4v) is 4.03. The largest absolute Gasteiger partial charge is 0.342 e. The van der Waals surface area contributed by atoms with E-state index in [1.165, 1.54) is 6.26 Å². The molecule has 1 heterocycles. The Morgan fingerprint density at radius 1 is 1.33 bits per heavy atom. The summed E-state index contributed by atoms with van der Waals surface area (Å²) in [6.07, 6.45) is 8.90. The molecule has 1 atom stereocenters. The van der Waals surface area contributed by atoms with E-state index in [1.807, 2.05) is 4.90 Å². The molecule has 2 rings (SSSR count). The number of hydrogen-bond donors (Lipinski definition) is 0. The van der Waals surface area contributed by atoms with Crippen molar-refractivity contribution >= 4 is 15.7 Å². The second-order valence-corrected chi connectivity index (χ2v) is 7.71. The van der Waals surface area contributed by atoms with Crippen molar-refractivity contribution in [2.45, 2.75) is 25.7 Å². The molecule has 18 heavy (non-hydrogen) atoms. The van der Waals surface area contributed by atoms with Gasteiger partial charge in [0.1, 0.15) is 9.84 Å². The lowest BCUT2D eigenvalue weighted by Gasteiger charge is -2.34. The van der Waals surface area contributed by atoms with Gasteiger partial charge in [-0.25, -0.2) is 8.42 Å².